The van der Waals surface area contributed by atoms with Crippen LogP contribution in [-0.2, 0) is 6.54 Å². The van der Waals surface area contributed by atoms with E-state index in [2.05, 4.69) is 17.0 Å². The van der Waals surface area contributed by atoms with E-state index in [0.29, 0.717) is 0 Å². The smallest absolute Gasteiger partial charge is 0.133 e. The molecule has 1 heterocycles. The Kier molecular flexibility index (Phi) is 3.99. The van der Waals surface area contributed by atoms with Crippen molar-refractivity contribution in [3.63, 3.8) is 0 Å². The topological polar surface area (TPSA) is 29.3 Å². The van der Waals surface area contributed by atoms with Crippen LogP contribution in [0.3, 0.4) is 0 Å². The number of nitrogens with zero attached hydrogens (tertiary/aromatic N) is 2. The largest absolute Gasteiger partial charge is 0.361 e. The van der Waals surface area contributed by atoms with Crippen molar-refractivity contribution in [1.29, 1.82) is 0 Å². The molecule has 0 saturated heterocycles. The second-order valence-electron chi connectivity index (χ2n) is 4.78. The number of rotatable bonds is 4. The monoisotopic (exact) mass is 222 g/mol. The maximum atomic E-state index is 5.12. The lowest BCUT2D eigenvalue weighted by molar-refractivity contribution is 0.152. The molecule has 3 heteroatoms. The highest BCUT2D eigenvalue weighted by molar-refractivity contribution is 5.03. The molecule has 0 bridgehead atoms. The molecular formula is C13H22N2O. The Bertz CT molecular complexity index is 315. The molecule has 0 unspecified atom stereocenters. The van der Waals surface area contributed by atoms with Gasteiger partial charge < -0.3 is 4.52 Å². The molecule has 1 aromatic heterocycles. The zero-order valence-electron chi connectivity index (χ0n) is 10.4. The maximum Gasteiger partial charge on any atom is 0.133 e. The van der Waals surface area contributed by atoms with Gasteiger partial charge in [0.05, 0.1) is 5.69 Å². The normalized spacial score (nSPS) is 18.2. The van der Waals surface area contributed by atoms with E-state index in [1.54, 1.807) is 0 Å². The van der Waals surface area contributed by atoms with Crippen LogP contribution in [0.1, 0.15) is 50.5 Å². The molecule has 3 nitrogen and oxygen atoms in total. The van der Waals surface area contributed by atoms with Crippen molar-refractivity contribution in [1.82, 2.24) is 10.1 Å². The maximum absolute atomic E-state index is 5.12. The molecule has 2 rings (SSSR count). The Balaban J connectivity index is 1.94. The summed E-state index contributed by atoms with van der Waals surface area (Å²) in [5.74, 6) is 0.912. The van der Waals surface area contributed by atoms with Crippen molar-refractivity contribution in [3.8, 4) is 0 Å². The van der Waals surface area contributed by atoms with E-state index in [9.17, 15) is 0 Å². The van der Waals surface area contributed by atoms with Gasteiger partial charge in [0.2, 0.25) is 0 Å². The van der Waals surface area contributed by atoms with Crippen LogP contribution in [0.2, 0.25) is 0 Å². The summed E-state index contributed by atoms with van der Waals surface area (Å²) in [5, 5.41) is 4.08. The highest BCUT2D eigenvalue weighted by Crippen LogP contribution is 2.23. The Morgan fingerprint density at radius 3 is 2.69 bits per heavy atom. The third-order valence-corrected chi connectivity index (χ3v) is 3.54. The molecule has 1 aliphatic rings. The van der Waals surface area contributed by atoms with E-state index in [4.69, 9.17) is 4.52 Å². The lowest BCUT2D eigenvalue weighted by atomic mass is 9.94. The fourth-order valence-electron chi connectivity index (χ4n) is 2.65. The van der Waals surface area contributed by atoms with Crippen LogP contribution >= 0.6 is 0 Å². The van der Waals surface area contributed by atoms with Gasteiger partial charge in [0.1, 0.15) is 5.76 Å². The van der Waals surface area contributed by atoms with E-state index in [1.165, 1.54) is 32.1 Å². The first-order valence-corrected chi connectivity index (χ1v) is 6.46. The van der Waals surface area contributed by atoms with Gasteiger partial charge in [0.15, 0.2) is 0 Å². The quantitative estimate of drug-likeness (QED) is 0.783. The van der Waals surface area contributed by atoms with E-state index in [-0.39, 0.29) is 0 Å². The molecule has 0 atom stereocenters. The molecule has 16 heavy (non-hydrogen) atoms. The summed E-state index contributed by atoms with van der Waals surface area (Å²) in [6.45, 7) is 6.24. The van der Waals surface area contributed by atoms with Crippen molar-refractivity contribution in [2.24, 2.45) is 0 Å². The summed E-state index contributed by atoms with van der Waals surface area (Å²) < 4.78 is 5.12. The third kappa shape index (κ3) is 2.85. The molecule has 1 saturated carbocycles. The Labute approximate surface area is 97.8 Å². The molecule has 0 aromatic carbocycles. The fourth-order valence-corrected chi connectivity index (χ4v) is 2.65. The first kappa shape index (κ1) is 11.6. The van der Waals surface area contributed by atoms with Crippen LogP contribution in [0.4, 0.5) is 0 Å². The first-order valence-electron chi connectivity index (χ1n) is 6.46. The Morgan fingerprint density at radius 2 is 2.12 bits per heavy atom. The van der Waals surface area contributed by atoms with Crippen molar-refractivity contribution in [2.45, 2.75) is 58.5 Å². The molecule has 1 aliphatic carbocycles. The van der Waals surface area contributed by atoms with Crippen LogP contribution in [0.15, 0.2) is 10.6 Å². The van der Waals surface area contributed by atoms with Gasteiger partial charge in [-0.1, -0.05) is 31.3 Å². The fraction of sp³-hybridized carbons (Fsp3) is 0.769. The lowest BCUT2D eigenvalue weighted by Crippen LogP contribution is -2.36. The lowest BCUT2D eigenvalue weighted by Gasteiger charge is -2.32. The third-order valence-electron chi connectivity index (χ3n) is 3.54. The van der Waals surface area contributed by atoms with Gasteiger partial charge >= 0.3 is 0 Å². The summed E-state index contributed by atoms with van der Waals surface area (Å²) in [6.07, 6.45) is 6.89. The molecule has 90 valence electrons. The Hall–Kier alpha value is -0.830. The summed E-state index contributed by atoms with van der Waals surface area (Å²) >= 11 is 0. The van der Waals surface area contributed by atoms with Crippen molar-refractivity contribution >= 4 is 0 Å². The zero-order chi connectivity index (χ0) is 11.4. The number of aromatic nitrogens is 1. The molecule has 1 fully saturated rings. The number of aryl methyl sites for hydroxylation is 1. The summed E-state index contributed by atoms with van der Waals surface area (Å²) in [5.41, 5.74) is 1.07. The zero-order valence-corrected chi connectivity index (χ0v) is 10.4. The number of hydrogen-bond donors (Lipinski definition) is 0. The minimum Gasteiger partial charge on any atom is -0.361 e. The Morgan fingerprint density at radius 1 is 1.38 bits per heavy atom. The standard InChI is InChI=1S/C13H22N2O/c1-3-15(13-7-5-4-6-8-13)10-12-9-11(2)16-14-12/h9,13H,3-8,10H2,1-2H3. The van der Waals surface area contributed by atoms with Crippen LogP contribution < -0.4 is 0 Å². The van der Waals surface area contributed by atoms with Gasteiger partial charge in [-0.25, -0.2) is 0 Å². The van der Waals surface area contributed by atoms with Gasteiger partial charge in [-0.05, 0) is 26.3 Å². The van der Waals surface area contributed by atoms with Crippen molar-refractivity contribution in [2.75, 3.05) is 6.54 Å². The van der Waals surface area contributed by atoms with Crippen LogP contribution in [0.25, 0.3) is 0 Å². The minimum atomic E-state index is 0.760. The van der Waals surface area contributed by atoms with Crippen LogP contribution in [0, 0.1) is 6.92 Å². The van der Waals surface area contributed by atoms with Gasteiger partial charge in [-0.15, -0.1) is 0 Å². The highest BCUT2D eigenvalue weighted by atomic mass is 16.5. The molecule has 1 aromatic rings. The van der Waals surface area contributed by atoms with E-state index in [1.807, 2.05) is 13.0 Å². The SMILES string of the molecule is CCN(Cc1cc(C)on1)C1CCCCC1. The van der Waals surface area contributed by atoms with Crippen LogP contribution in [-0.4, -0.2) is 22.6 Å². The second kappa shape index (κ2) is 5.48. The number of hydrogen-bond acceptors (Lipinski definition) is 3. The molecule has 0 aliphatic heterocycles. The summed E-state index contributed by atoms with van der Waals surface area (Å²) in [4.78, 5) is 2.54. The van der Waals surface area contributed by atoms with Crippen LogP contribution in [0.5, 0.6) is 0 Å². The predicted molar refractivity (Wildman–Crippen MR) is 64.2 cm³/mol. The van der Waals surface area contributed by atoms with Gasteiger partial charge in [0, 0.05) is 18.7 Å². The van der Waals surface area contributed by atoms with Gasteiger partial charge in [-0.2, -0.15) is 0 Å². The minimum absolute atomic E-state index is 0.760. The summed E-state index contributed by atoms with van der Waals surface area (Å²) in [7, 11) is 0. The second-order valence-corrected chi connectivity index (χ2v) is 4.78. The van der Waals surface area contributed by atoms with E-state index >= 15 is 0 Å². The van der Waals surface area contributed by atoms with Gasteiger partial charge in [0.25, 0.3) is 0 Å². The van der Waals surface area contributed by atoms with E-state index < -0.39 is 0 Å². The first-order chi connectivity index (χ1) is 7.79. The van der Waals surface area contributed by atoms with Crippen molar-refractivity contribution < 1.29 is 4.52 Å². The molecule has 0 amide bonds. The average Bonchev–Trinajstić information content (AvgIpc) is 2.73. The predicted octanol–water partition coefficient (Wildman–Crippen LogP) is 3.14. The summed E-state index contributed by atoms with van der Waals surface area (Å²) in [6, 6.07) is 2.81. The van der Waals surface area contributed by atoms with E-state index in [0.717, 1.165) is 30.6 Å². The van der Waals surface area contributed by atoms with Gasteiger partial charge in [-0.3, -0.25) is 4.90 Å². The molecule has 0 radical (unpaired) electrons. The highest BCUT2D eigenvalue weighted by Gasteiger charge is 2.20. The van der Waals surface area contributed by atoms with Crippen molar-refractivity contribution in [3.05, 3.63) is 17.5 Å². The molecular weight excluding hydrogens is 200 g/mol. The molecule has 0 N–H and O–H groups in total. The molecule has 0 spiro atoms. The average molecular weight is 222 g/mol.